The van der Waals surface area contributed by atoms with Crippen LogP contribution in [0.2, 0.25) is 0 Å². The number of aliphatic carboxylic acids is 1. The fourth-order valence-corrected chi connectivity index (χ4v) is 6.65. The summed E-state index contributed by atoms with van der Waals surface area (Å²) in [4.78, 5) is 60.4. The zero-order valence-corrected chi connectivity index (χ0v) is 24.5. The Bertz CT molecular complexity index is 1250. The van der Waals surface area contributed by atoms with Gasteiger partial charge >= 0.3 is 12.1 Å². The summed E-state index contributed by atoms with van der Waals surface area (Å²) in [5.74, 6) is -2.77. The molecule has 238 valence electrons. The van der Waals surface area contributed by atoms with Gasteiger partial charge in [0, 0.05) is 30.2 Å². The van der Waals surface area contributed by atoms with Crippen molar-refractivity contribution in [3.05, 3.63) is 33.7 Å². The summed E-state index contributed by atoms with van der Waals surface area (Å²) in [5.41, 5.74) is 3.20. The van der Waals surface area contributed by atoms with E-state index < -0.39 is 78.1 Å². The van der Waals surface area contributed by atoms with Crippen molar-refractivity contribution in [3.8, 4) is 0 Å². The van der Waals surface area contributed by atoms with E-state index in [4.69, 9.17) is 20.3 Å². The first-order chi connectivity index (χ1) is 20.3. The minimum atomic E-state index is -1.66. The third-order valence-corrected chi connectivity index (χ3v) is 8.78. The number of aliphatic hydroxyl groups excluding tert-OH is 4. The Morgan fingerprint density at radius 3 is 2.47 bits per heavy atom. The highest BCUT2D eigenvalue weighted by Crippen LogP contribution is 2.46. The van der Waals surface area contributed by atoms with Gasteiger partial charge in [0.05, 0.1) is 13.0 Å². The van der Waals surface area contributed by atoms with E-state index in [2.05, 4.69) is 15.4 Å². The number of aliphatic hydroxyl groups is 4. The van der Waals surface area contributed by atoms with E-state index in [0.29, 0.717) is 0 Å². The molecule has 0 radical (unpaired) electrons. The molecule has 0 unspecified atom stereocenters. The summed E-state index contributed by atoms with van der Waals surface area (Å²) in [6, 6.07) is 2.51. The Kier molecular flexibility index (Phi) is 11.5. The minimum absolute atomic E-state index is 0.0762. The molecule has 9 N–H and O–H groups in total. The lowest BCUT2D eigenvalue weighted by molar-refractivity contribution is -0.253. The Morgan fingerprint density at radius 1 is 1.23 bits per heavy atom. The highest BCUT2D eigenvalue weighted by atomic mass is 32.2. The molecular weight excluding hydrogens is 616 g/mol. The molecule has 7 atom stereocenters. The number of carboxylic acids is 1. The van der Waals surface area contributed by atoms with E-state index in [-0.39, 0.29) is 30.1 Å². The third kappa shape index (κ3) is 7.44. The van der Waals surface area contributed by atoms with E-state index in [1.54, 1.807) is 6.07 Å². The lowest BCUT2D eigenvalue weighted by Gasteiger charge is -2.55. The maximum absolute atomic E-state index is 12.8. The van der Waals surface area contributed by atoms with Gasteiger partial charge in [-0.3, -0.25) is 19.3 Å². The summed E-state index contributed by atoms with van der Waals surface area (Å²) >= 11 is 2.60. The SMILES string of the molecule is CC(=O)N[C@@H]1[C@@H](O)[C@H](O)[C@@H](CO)O[C@@H]1O.CO[C@@]1(NC(=O)Cc2cccs2)C(=O)N2C(C(=O)O)=C(COC(N)=O)CS[C@@H]21. The number of primary amides is 1. The number of hydrogen-bond donors (Lipinski definition) is 8. The van der Waals surface area contributed by atoms with Crippen molar-refractivity contribution in [2.75, 3.05) is 26.1 Å². The number of thioether (sulfide) groups is 1. The number of hydrogen-bond acceptors (Lipinski definition) is 14. The lowest BCUT2D eigenvalue weighted by Crippen LogP contribution is -2.80. The summed E-state index contributed by atoms with van der Waals surface area (Å²) in [6.45, 7) is 0.344. The van der Waals surface area contributed by atoms with Crippen LogP contribution in [0.4, 0.5) is 4.79 Å². The molecule has 0 aromatic carbocycles. The van der Waals surface area contributed by atoms with Crippen molar-refractivity contribution in [2.24, 2.45) is 5.73 Å². The number of fused-ring (bicyclic) bond motifs is 1. The van der Waals surface area contributed by atoms with Gasteiger partial charge in [-0.1, -0.05) is 6.07 Å². The molecule has 1 aromatic rings. The number of nitrogens with zero attached hydrogens (tertiary/aromatic N) is 1. The molecule has 2 fully saturated rings. The highest BCUT2D eigenvalue weighted by molar-refractivity contribution is 8.00. The van der Waals surface area contributed by atoms with Gasteiger partial charge in [-0.05, 0) is 11.4 Å². The summed E-state index contributed by atoms with van der Waals surface area (Å²) in [7, 11) is 1.27. The second-order valence-corrected chi connectivity index (χ2v) is 11.5. The van der Waals surface area contributed by atoms with Crippen LogP contribution in [0.5, 0.6) is 0 Å². The third-order valence-electron chi connectivity index (χ3n) is 6.53. The van der Waals surface area contributed by atoms with Crippen molar-refractivity contribution in [1.29, 1.82) is 0 Å². The first-order valence-corrected chi connectivity index (χ1v) is 14.5. The van der Waals surface area contributed by atoms with Gasteiger partial charge in [-0.25, -0.2) is 9.59 Å². The summed E-state index contributed by atoms with van der Waals surface area (Å²) < 4.78 is 14.8. The molecule has 0 aliphatic carbocycles. The van der Waals surface area contributed by atoms with Gasteiger partial charge in [0.1, 0.15) is 42.0 Å². The van der Waals surface area contributed by atoms with Crippen LogP contribution < -0.4 is 16.4 Å². The number of carbonyl (C=O) groups is 5. The minimum Gasteiger partial charge on any atom is -0.477 e. The predicted octanol–water partition coefficient (Wildman–Crippen LogP) is -2.98. The van der Waals surface area contributed by atoms with Crippen LogP contribution in [0, 0.1) is 0 Å². The predicted molar refractivity (Wildman–Crippen MR) is 147 cm³/mol. The first-order valence-electron chi connectivity index (χ1n) is 12.6. The first kappa shape index (κ1) is 34.2. The maximum Gasteiger partial charge on any atom is 0.404 e. The molecule has 0 saturated carbocycles. The number of amides is 4. The molecule has 0 spiro atoms. The number of carboxylic acid groups (broad SMARTS) is 1. The van der Waals surface area contributed by atoms with Crippen molar-refractivity contribution in [1.82, 2.24) is 15.5 Å². The number of methoxy groups -OCH3 is 1. The van der Waals surface area contributed by atoms with Gasteiger partial charge in [0.2, 0.25) is 11.8 Å². The smallest absolute Gasteiger partial charge is 0.404 e. The van der Waals surface area contributed by atoms with Gasteiger partial charge in [0.15, 0.2) is 6.29 Å². The number of thiophene rings is 1. The van der Waals surface area contributed by atoms with E-state index in [1.807, 2.05) is 11.4 Å². The molecule has 0 bridgehead atoms. The van der Waals surface area contributed by atoms with Crippen molar-refractivity contribution < 1.29 is 63.7 Å². The van der Waals surface area contributed by atoms with Crippen LogP contribution in [-0.4, -0.2) is 128 Å². The molecule has 19 heteroatoms. The largest absolute Gasteiger partial charge is 0.477 e. The fourth-order valence-electron chi connectivity index (χ4n) is 4.52. The van der Waals surface area contributed by atoms with E-state index in [0.717, 1.165) is 9.78 Å². The van der Waals surface area contributed by atoms with Crippen LogP contribution in [-0.2, 0) is 39.8 Å². The molecule has 4 amide bonds. The Balaban J connectivity index is 0.000000285. The molecule has 4 rings (SSSR count). The molecule has 43 heavy (non-hydrogen) atoms. The standard InChI is InChI=1S/C16H17N3O7S2.C8H15NO6/c1-25-16(18-10(20)5-9-3-2-4-27-9)13(23)19-11(12(21)22)8(6-26-15(17)24)7-28-14(16)19;1-3(11)9-5-7(13)6(12)4(2-10)15-8(5)14/h2-4,14H,5-7H2,1H3,(H2,17,24)(H,18,20)(H,21,22);4-8,10,12-14H,2H2,1H3,(H,9,11)/t14-,16+;4-,5-,6-,7-,8+/m11/s1. The quantitative estimate of drug-likeness (QED) is 0.0981. The van der Waals surface area contributed by atoms with E-state index >= 15 is 0 Å². The molecule has 3 aliphatic rings. The number of β-lactam (4-membered cyclic amide) rings is 1. The summed E-state index contributed by atoms with van der Waals surface area (Å²) in [5, 5.41) is 52.6. The van der Waals surface area contributed by atoms with Crippen LogP contribution >= 0.6 is 23.1 Å². The Labute approximate surface area is 252 Å². The van der Waals surface area contributed by atoms with Crippen molar-refractivity contribution in [3.63, 3.8) is 0 Å². The topological polar surface area (TPSA) is 268 Å². The second-order valence-electron chi connectivity index (χ2n) is 9.40. The molecule has 3 aliphatic heterocycles. The van der Waals surface area contributed by atoms with E-state index in [1.165, 1.54) is 37.1 Å². The zero-order chi connectivity index (χ0) is 32.1. The molecular formula is C24H32N4O13S2. The summed E-state index contributed by atoms with van der Waals surface area (Å²) in [6.07, 6.45) is -6.21. The van der Waals surface area contributed by atoms with Crippen molar-refractivity contribution in [2.45, 2.75) is 55.1 Å². The average Bonchev–Trinajstić information content (AvgIpc) is 3.47. The van der Waals surface area contributed by atoms with E-state index in [9.17, 15) is 44.4 Å². The second kappa shape index (κ2) is 14.4. The fraction of sp³-hybridized carbons (Fsp3) is 0.542. The van der Waals surface area contributed by atoms with Crippen LogP contribution in [0.1, 0.15) is 11.8 Å². The van der Waals surface area contributed by atoms with Gasteiger partial charge < -0.3 is 56.1 Å². The number of rotatable bonds is 9. The number of carbonyl (C=O) groups excluding carboxylic acids is 4. The molecule has 1 aromatic heterocycles. The zero-order valence-electron chi connectivity index (χ0n) is 22.9. The molecule has 2 saturated heterocycles. The lowest BCUT2D eigenvalue weighted by atomic mass is 9.97. The van der Waals surface area contributed by atoms with Crippen molar-refractivity contribution >= 4 is 52.9 Å². The Morgan fingerprint density at radius 2 is 1.93 bits per heavy atom. The monoisotopic (exact) mass is 648 g/mol. The highest BCUT2D eigenvalue weighted by Gasteiger charge is 2.66. The maximum atomic E-state index is 12.8. The number of ether oxygens (including phenoxy) is 3. The molecule has 17 nitrogen and oxygen atoms in total. The normalized spacial score (nSPS) is 29.8. The number of nitrogens with one attached hydrogen (secondary N) is 2. The van der Waals surface area contributed by atoms with Gasteiger partial charge in [0.25, 0.3) is 11.6 Å². The Hall–Kier alpha value is -3.30. The number of nitrogens with two attached hydrogens (primary N) is 1. The van der Waals surface area contributed by atoms with Crippen LogP contribution in [0.3, 0.4) is 0 Å². The average molecular weight is 649 g/mol. The van der Waals surface area contributed by atoms with Crippen LogP contribution in [0.25, 0.3) is 0 Å². The van der Waals surface area contributed by atoms with Crippen LogP contribution in [0.15, 0.2) is 28.8 Å². The molecule has 4 heterocycles. The van der Waals surface area contributed by atoms with Gasteiger partial charge in [-0.15, -0.1) is 23.1 Å². The van der Waals surface area contributed by atoms with Gasteiger partial charge in [-0.2, -0.15) is 0 Å².